The van der Waals surface area contributed by atoms with Gasteiger partial charge in [0.05, 0.1) is 10.6 Å². The lowest BCUT2D eigenvalue weighted by Gasteiger charge is -2.15. The summed E-state index contributed by atoms with van der Waals surface area (Å²) in [6.07, 6.45) is 0.432. The van der Waals surface area contributed by atoms with Crippen molar-refractivity contribution in [2.24, 2.45) is 0 Å². The highest BCUT2D eigenvalue weighted by atomic mass is 32.2. The summed E-state index contributed by atoms with van der Waals surface area (Å²) in [5.74, 6) is 0.00745. The van der Waals surface area contributed by atoms with Gasteiger partial charge in [-0.1, -0.05) is 12.1 Å². The van der Waals surface area contributed by atoms with Crippen LogP contribution in [0, 0.1) is 6.92 Å². The zero-order chi connectivity index (χ0) is 12.9. The Bertz CT molecular complexity index is 457. The molecule has 0 aliphatic carbocycles. The van der Waals surface area contributed by atoms with Crippen LogP contribution in [0.5, 0.6) is 0 Å². The van der Waals surface area contributed by atoms with Gasteiger partial charge < -0.3 is 10.4 Å². The van der Waals surface area contributed by atoms with E-state index in [1.807, 2.05) is 13.0 Å². The van der Waals surface area contributed by atoms with Gasteiger partial charge in [0.25, 0.3) is 0 Å². The minimum Gasteiger partial charge on any atom is -0.396 e. The molecule has 0 aromatic heterocycles. The highest BCUT2D eigenvalue weighted by Gasteiger charge is 2.19. The Kier molecular flexibility index (Phi) is 5.11. The van der Waals surface area contributed by atoms with E-state index in [0.29, 0.717) is 11.3 Å². The Morgan fingerprint density at radius 1 is 1.41 bits per heavy atom. The second-order valence-corrected chi connectivity index (χ2v) is 6.13. The lowest BCUT2D eigenvalue weighted by Crippen LogP contribution is -2.33. The van der Waals surface area contributed by atoms with Crippen LogP contribution in [0.15, 0.2) is 29.2 Å². The van der Waals surface area contributed by atoms with Gasteiger partial charge in [0.15, 0.2) is 9.84 Å². The highest BCUT2D eigenvalue weighted by molar-refractivity contribution is 7.91. The molecule has 0 radical (unpaired) electrons. The predicted molar refractivity (Wildman–Crippen MR) is 67.8 cm³/mol. The van der Waals surface area contributed by atoms with Crippen LogP contribution in [0.1, 0.15) is 12.0 Å². The van der Waals surface area contributed by atoms with Crippen LogP contribution in [0.3, 0.4) is 0 Å². The van der Waals surface area contributed by atoms with Crippen molar-refractivity contribution in [1.82, 2.24) is 5.32 Å². The molecular weight excluding hydrogens is 238 g/mol. The van der Waals surface area contributed by atoms with E-state index in [0.717, 1.165) is 5.56 Å². The van der Waals surface area contributed by atoms with Crippen LogP contribution in [0.2, 0.25) is 0 Å². The van der Waals surface area contributed by atoms with Gasteiger partial charge in [-0.05, 0) is 38.1 Å². The molecule has 0 saturated heterocycles. The van der Waals surface area contributed by atoms with Gasteiger partial charge >= 0.3 is 0 Å². The number of hydrogen-bond acceptors (Lipinski definition) is 4. The summed E-state index contributed by atoms with van der Waals surface area (Å²) < 4.78 is 24.2. The van der Waals surface area contributed by atoms with Crippen LogP contribution in [0.4, 0.5) is 0 Å². The average molecular weight is 257 g/mol. The number of nitrogens with one attached hydrogen (secondary N) is 1. The van der Waals surface area contributed by atoms with Gasteiger partial charge in [0.2, 0.25) is 0 Å². The summed E-state index contributed by atoms with van der Waals surface area (Å²) in [5, 5.41) is 11.7. The van der Waals surface area contributed by atoms with Gasteiger partial charge in [-0.15, -0.1) is 0 Å². The van der Waals surface area contributed by atoms with E-state index in [9.17, 15) is 8.42 Å². The molecule has 96 valence electrons. The Morgan fingerprint density at radius 3 is 2.65 bits per heavy atom. The maximum absolute atomic E-state index is 12.1. The maximum atomic E-state index is 12.1. The zero-order valence-corrected chi connectivity index (χ0v) is 11.0. The molecule has 0 amide bonds. The first-order valence-corrected chi connectivity index (χ1v) is 7.22. The monoisotopic (exact) mass is 257 g/mol. The molecule has 1 atom stereocenters. The highest BCUT2D eigenvalue weighted by Crippen LogP contribution is 2.14. The molecule has 2 N–H and O–H groups in total. The van der Waals surface area contributed by atoms with E-state index in [2.05, 4.69) is 5.32 Å². The molecule has 0 spiro atoms. The molecule has 1 rings (SSSR count). The molecular formula is C12H19NO3S. The second-order valence-electron chi connectivity index (χ2n) is 4.10. The molecule has 0 aliphatic heterocycles. The Hall–Kier alpha value is -0.910. The van der Waals surface area contributed by atoms with Crippen molar-refractivity contribution < 1.29 is 13.5 Å². The summed E-state index contributed by atoms with van der Waals surface area (Å²) in [7, 11) is -1.59. The summed E-state index contributed by atoms with van der Waals surface area (Å²) >= 11 is 0. The molecule has 1 aromatic carbocycles. The Morgan fingerprint density at radius 2 is 2.12 bits per heavy atom. The van der Waals surface area contributed by atoms with Crippen LogP contribution in [-0.2, 0) is 9.84 Å². The lowest BCUT2D eigenvalue weighted by atomic mass is 10.2. The Labute approximate surface area is 103 Å². The van der Waals surface area contributed by atoms with Crippen LogP contribution >= 0.6 is 0 Å². The largest absolute Gasteiger partial charge is 0.396 e. The number of rotatable bonds is 6. The van der Waals surface area contributed by atoms with Gasteiger partial charge in [-0.3, -0.25) is 0 Å². The standard InChI is InChI=1S/C12H19NO3S/c1-10-4-3-5-12(8-10)17(15,16)9-11(13-2)6-7-14/h3-5,8,11,13-14H,6-7,9H2,1-2H3. The maximum Gasteiger partial charge on any atom is 0.179 e. The van der Waals surface area contributed by atoms with Crippen molar-refractivity contribution in [2.75, 3.05) is 19.4 Å². The van der Waals surface area contributed by atoms with E-state index in [-0.39, 0.29) is 18.4 Å². The third-order valence-electron chi connectivity index (χ3n) is 2.66. The Balaban J connectivity index is 2.88. The minimum atomic E-state index is -3.29. The first-order valence-electron chi connectivity index (χ1n) is 5.57. The zero-order valence-electron chi connectivity index (χ0n) is 10.2. The summed E-state index contributed by atoms with van der Waals surface area (Å²) in [4.78, 5) is 0.343. The third-order valence-corrected chi connectivity index (χ3v) is 4.47. The predicted octanol–water partition coefficient (Wildman–Crippen LogP) is 0.739. The molecule has 0 aliphatic rings. The number of aliphatic hydroxyl groups excluding tert-OH is 1. The lowest BCUT2D eigenvalue weighted by molar-refractivity contribution is 0.272. The van der Waals surface area contributed by atoms with Crippen molar-refractivity contribution in [1.29, 1.82) is 0 Å². The molecule has 1 aromatic rings. The fourth-order valence-corrected chi connectivity index (χ4v) is 3.34. The molecule has 17 heavy (non-hydrogen) atoms. The molecule has 0 heterocycles. The molecule has 0 saturated carbocycles. The second kappa shape index (κ2) is 6.14. The van der Waals surface area contributed by atoms with Crippen LogP contribution in [-0.4, -0.2) is 39.0 Å². The fourth-order valence-electron chi connectivity index (χ4n) is 1.64. The first kappa shape index (κ1) is 14.2. The normalized spacial score (nSPS) is 13.6. The number of sulfone groups is 1. The minimum absolute atomic E-state index is 0.00745. The smallest absolute Gasteiger partial charge is 0.179 e. The van der Waals surface area contributed by atoms with Gasteiger partial charge in [-0.2, -0.15) is 0 Å². The number of benzene rings is 1. The number of hydrogen-bond donors (Lipinski definition) is 2. The van der Waals surface area contributed by atoms with Crippen LogP contribution < -0.4 is 5.32 Å². The average Bonchev–Trinajstić information content (AvgIpc) is 2.28. The SMILES string of the molecule is CNC(CCO)CS(=O)(=O)c1cccc(C)c1. The van der Waals surface area contributed by atoms with Crippen molar-refractivity contribution >= 4 is 9.84 Å². The van der Waals surface area contributed by atoms with Gasteiger partial charge in [0, 0.05) is 12.6 Å². The van der Waals surface area contributed by atoms with E-state index >= 15 is 0 Å². The third kappa shape index (κ3) is 4.11. The molecule has 5 heteroatoms. The fraction of sp³-hybridized carbons (Fsp3) is 0.500. The van der Waals surface area contributed by atoms with Crippen LogP contribution in [0.25, 0.3) is 0 Å². The van der Waals surface area contributed by atoms with Crippen molar-refractivity contribution in [3.63, 3.8) is 0 Å². The van der Waals surface area contributed by atoms with E-state index < -0.39 is 9.84 Å². The first-order chi connectivity index (χ1) is 7.99. The quantitative estimate of drug-likeness (QED) is 0.789. The molecule has 0 bridgehead atoms. The molecule has 1 unspecified atom stereocenters. The van der Waals surface area contributed by atoms with E-state index in [1.54, 1.807) is 25.2 Å². The van der Waals surface area contributed by atoms with Crippen molar-refractivity contribution in [3.8, 4) is 0 Å². The molecule has 0 fully saturated rings. The van der Waals surface area contributed by atoms with E-state index in [4.69, 9.17) is 5.11 Å². The van der Waals surface area contributed by atoms with Gasteiger partial charge in [-0.25, -0.2) is 8.42 Å². The van der Waals surface area contributed by atoms with E-state index in [1.165, 1.54) is 0 Å². The summed E-state index contributed by atoms with van der Waals surface area (Å²) in [6, 6.07) is 6.66. The molecule has 4 nitrogen and oxygen atoms in total. The summed E-state index contributed by atoms with van der Waals surface area (Å²) in [6.45, 7) is 1.84. The number of aryl methyl sites for hydroxylation is 1. The van der Waals surface area contributed by atoms with Crippen molar-refractivity contribution in [2.45, 2.75) is 24.3 Å². The van der Waals surface area contributed by atoms with Crippen molar-refractivity contribution in [3.05, 3.63) is 29.8 Å². The van der Waals surface area contributed by atoms with Gasteiger partial charge in [0.1, 0.15) is 0 Å². The summed E-state index contributed by atoms with van der Waals surface area (Å²) in [5.41, 5.74) is 0.925. The number of aliphatic hydroxyl groups is 1. The topological polar surface area (TPSA) is 66.4 Å².